The first kappa shape index (κ1) is 19.7. The van der Waals surface area contributed by atoms with Crippen LogP contribution in [-0.4, -0.2) is 56.6 Å². The standard InChI is InChI=1S/C21H24FN3O3/c1-28-21(27)16-6-2-4-8-18(16)23-11-10-20(26)25-14-12-24(13-15-25)19-9-5-3-7-17(19)22/h2-9,23H,10-15H2,1H3. The Hall–Kier alpha value is -3.09. The molecule has 2 aromatic rings. The second kappa shape index (κ2) is 9.21. The Bertz CT molecular complexity index is 835. The summed E-state index contributed by atoms with van der Waals surface area (Å²) >= 11 is 0. The molecule has 0 aliphatic carbocycles. The van der Waals surface area contributed by atoms with Crippen LogP contribution in [0.2, 0.25) is 0 Å². The van der Waals surface area contributed by atoms with Crippen LogP contribution >= 0.6 is 0 Å². The molecule has 148 valence electrons. The zero-order chi connectivity index (χ0) is 19.9. The smallest absolute Gasteiger partial charge is 0.339 e. The van der Waals surface area contributed by atoms with E-state index >= 15 is 0 Å². The Kier molecular flexibility index (Phi) is 6.47. The number of amides is 1. The lowest BCUT2D eigenvalue weighted by molar-refractivity contribution is -0.131. The van der Waals surface area contributed by atoms with E-state index < -0.39 is 5.97 Å². The van der Waals surface area contributed by atoms with Crippen molar-refractivity contribution < 1.29 is 18.7 Å². The molecule has 28 heavy (non-hydrogen) atoms. The van der Waals surface area contributed by atoms with Crippen molar-refractivity contribution in [2.45, 2.75) is 6.42 Å². The van der Waals surface area contributed by atoms with E-state index in [0.29, 0.717) is 56.1 Å². The van der Waals surface area contributed by atoms with Gasteiger partial charge < -0.3 is 19.9 Å². The Balaban J connectivity index is 1.48. The summed E-state index contributed by atoms with van der Waals surface area (Å²) in [6, 6.07) is 13.7. The molecular formula is C21H24FN3O3. The van der Waals surface area contributed by atoms with Crippen LogP contribution in [0.3, 0.4) is 0 Å². The minimum absolute atomic E-state index is 0.0382. The number of carbonyl (C=O) groups excluding carboxylic acids is 2. The molecule has 1 heterocycles. The van der Waals surface area contributed by atoms with E-state index in [1.807, 2.05) is 17.0 Å². The van der Waals surface area contributed by atoms with Crippen molar-refractivity contribution in [3.05, 3.63) is 59.9 Å². The first-order valence-corrected chi connectivity index (χ1v) is 9.28. The van der Waals surface area contributed by atoms with Crippen LogP contribution in [0.1, 0.15) is 16.8 Å². The fourth-order valence-electron chi connectivity index (χ4n) is 3.29. The summed E-state index contributed by atoms with van der Waals surface area (Å²) < 4.78 is 18.7. The summed E-state index contributed by atoms with van der Waals surface area (Å²) in [5.41, 5.74) is 1.66. The van der Waals surface area contributed by atoms with Crippen LogP contribution in [0.4, 0.5) is 15.8 Å². The number of esters is 1. The van der Waals surface area contributed by atoms with Gasteiger partial charge in [0, 0.05) is 44.8 Å². The molecule has 6 nitrogen and oxygen atoms in total. The Morgan fingerprint density at radius 3 is 2.43 bits per heavy atom. The van der Waals surface area contributed by atoms with Gasteiger partial charge in [0.25, 0.3) is 0 Å². The van der Waals surface area contributed by atoms with Gasteiger partial charge in [0.05, 0.1) is 18.4 Å². The van der Waals surface area contributed by atoms with Crippen molar-refractivity contribution in [1.29, 1.82) is 0 Å². The molecule has 7 heteroatoms. The van der Waals surface area contributed by atoms with Crippen molar-refractivity contribution in [2.24, 2.45) is 0 Å². The number of nitrogens with one attached hydrogen (secondary N) is 1. The number of piperazine rings is 1. The first-order chi connectivity index (χ1) is 13.6. The third kappa shape index (κ3) is 4.60. The van der Waals surface area contributed by atoms with Crippen molar-refractivity contribution >= 4 is 23.3 Å². The van der Waals surface area contributed by atoms with Gasteiger partial charge >= 0.3 is 5.97 Å². The molecule has 1 saturated heterocycles. The molecule has 0 radical (unpaired) electrons. The summed E-state index contributed by atoms with van der Waals surface area (Å²) in [6.45, 7) is 2.74. The molecule has 1 aliphatic heterocycles. The summed E-state index contributed by atoms with van der Waals surface area (Å²) in [6.07, 6.45) is 0.315. The van der Waals surface area contributed by atoms with Crippen molar-refractivity contribution in [1.82, 2.24) is 4.90 Å². The summed E-state index contributed by atoms with van der Waals surface area (Å²) in [5.74, 6) is -0.620. The summed E-state index contributed by atoms with van der Waals surface area (Å²) in [7, 11) is 1.34. The van der Waals surface area contributed by atoms with Crippen LogP contribution in [0.15, 0.2) is 48.5 Å². The third-order valence-corrected chi connectivity index (χ3v) is 4.81. The molecule has 0 bridgehead atoms. The van der Waals surface area contributed by atoms with Crippen LogP contribution in [0, 0.1) is 5.82 Å². The average Bonchev–Trinajstić information content (AvgIpc) is 2.74. The van der Waals surface area contributed by atoms with E-state index in [4.69, 9.17) is 4.74 Å². The fraction of sp³-hybridized carbons (Fsp3) is 0.333. The van der Waals surface area contributed by atoms with E-state index in [1.165, 1.54) is 13.2 Å². The lowest BCUT2D eigenvalue weighted by Crippen LogP contribution is -2.49. The second-order valence-electron chi connectivity index (χ2n) is 6.53. The van der Waals surface area contributed by atoms with Crippen molar-refractivity contribution in [3.8, 4) is 0 Å². The number of benzene rings is 2. The molecule has 0 saturated carbocycles. The van der Waals surface area contributed by atoms with E-state index in [-0.39, 0.29) is 11.7 Å². The van der Waals surface area contributed by atoms with Crippen molar-refractivity contribution in [3.63, 3.8) is 0 Å². The first-order valence-electron chi connectivity index (χ1n) is 9.28. The normalized spacial score (nSPS) is 13.9. The number of halogens is 1. The minimum atomic E-state index is -0.418. The Labute approximate surface area is 163 Å². The summed E-state index contributed by atoms with van der Waals surface area (Å²) in [4.78, 5) is 28.0. The Morgan fingerprint density at radius 1 is 1.04 bits per heavy atom. The number of carbonyl (C=O) groups is 2. The van der Waals surface area contributed by atoms with Gasteiger partial charge in [-0.2, -0.15) is 0 Å². The number of hydrogen-bond donors (Lipinski definition) is 1. The number of methoxy groups -OCH3 is 1. The van der Waals surface area contributed by atoms with Gasteiger partial charge in [-0.25, -0.2) is 9.18 Å². The van der Waals surface area contributed by atoms with Gasteiger partial charge in [0.15, 0.2) is 0 Å². The number of para-hydroxylation sites is 2. The topological polar surface area (TPSA) is 61.9 Å². The highest BCUT2D eigenvalue weighted by Crippen LogP contribution is 2.20. The highest BCUT2D eigenvalue weighted by molar-refractivity contribution is 5.95. The maximum absolute atomic E-state index is 13.9. The zero-order valence-electron chi connectivity index (χ0n) is 15.9. The van der Waals surface area contributed by atoms with Crippen LogP contribution in [0.25, 0.3) is 0 Å². The maximum atomic E-state index is 13.9. The zero-order valence-corrected chi connectivity index (χ0v) is 15.9. The number of rotatable bonds is 6. The van der Waals surface area contributed by atoms with Gasteiger partial charge in [-0.15, -0.1) is 0 Å². The van der Waals surface area contributed by atoms with Crippen LogP contribution in [-0.2, 0) is 9.53 Å². The molecule has 1 N–H and O–H groups in total. The number of anilines is 2. The molecule has 0 aromatic heterocycles. The predicted octanol–water partition coefficient (Wildman–Crippen LogP) is 2.76. The molecule has 1 aliphatic rings. The molecule has 0 unspecified atom stereocenters. The molecule has 0 spiro atoms. The van der Waals surface area contributed by atoms with Crippen LogP contribution < -0.4 is 10.2 Å². The molecule has 0 atom stereocenters. The lowest BCUT2D eigenvalue weighted by atomic mass is 10.1. The Morgan fingerprint density at radius 2 is 1.71 bits per heavy atom. The largest absolute Gasteiger partial charge is 0.465 e. The van der Waals surface area contributed by atoms with E-state index in [1.54, 1.807) is 35.2 Å². The SMILES string of the molecule is COC(=O)c1ccccc1NCCC(=O)N1CCN(c2ccccc2F)CC1. The predicted molar refractivity (Wildman–Crippen MR) is 106 cm³/mol. The van der Waals surface area contributed by atoms with Crippen LogP contribution in [0.5, 0.6) is 0 Å². The van der Waals surface area contributed by atoms with Crippen molar-refractivity contribution in [2.75, 3.05) is 50.1 Å². The maximum Gasteiger partial charge on any atom is 0.339 e. The average molecular weight is 385 g/mol. The third-order valence-electron chi connectivity index (χ3n) is 4.81. The monoisotopic (exact) mass is 385 g/mol. The molecule has 2 aromatic carbocycles. The highest BCUT2D eigenvalue weighted by Gasteiger charge is 2.22. The minimum Gasteiger partial charge on any atom is -0.465 e. The number of nitrogens with zero attached hydrogens (tertiary/aromatic N) is 2. The van der Waals surface area contributed by atoms with E-state index in [0.717, 1.165) is 0 Å². The fourth-order valence-corrected chi connectivity index (χ4v) is 3.29. The van der Waals surface area contributed by atoms with Gasteiger partial charge in [-0.3, -0.25) is 4.79 Å². The quantitative estimate of drug-likeness (QED) is 0.775. The molecular weight excluding hydrogens is 361 g/mol. The van der Waals surface area contributed by atoms with E-state index in [9.17, 15) is 14.0 Å². The number of hydrogen-bond acceptors (Lipinski definition) is 5. The molecule has 3 rings (SSSR count). The van der Waals surface area contributed by atoms with Gasteiger partial charge in [-0.1, -0.05) is 24.3 Å². The number of ether oxygens (including phenoxy) is 1. The summed E-state index contributed by atoms with van der Waals surface area (Å²) in [5, 5.41) is 3.13. The second-order valence-corrected chi connectivity index (χ2v) is 6.53. The lowest BCUT2D eigenvalue weighted by Gasteiger charge is -2.36. The van der Waals surface area contributed by atoms with E-state index in [2.05, 4.69) is 5.32 Å². The van der Waals surface area contributed by atoms with Gasteiger partial charge in [0.1, 0.15) is 5.82 Å². The van der Waals surface area contributed by atoms with Gasteiger partial charge in [-0.05, 0) is 24.3 Å². The molecule has 1 amide bonds. The molecule has 1 fully saturated rings. The highest BCUT2D eigenvalue weighted by atomic mass is 19.1. The van der Waals surface area contributed by atoms with Gasteiger partial charge in [0.2, 0.25) is 5.91 Å².